The van der Waals surface area contributed by atoms with E-state index in [1.165, 1.54) is 4.88 Å². The number of thiophene rings is 1. The van der Waals surface area contributed by atoms with E-state index in [-0.39, 0.29) is 0 Å². The molecule has 4 nitrogen and oxygen atoms in total. The summed E-state index contributed by atoms with van der Waals surface area (Å²) in [7, 11) is -3.22. The molecule has 0 fully saturated rings. The number of nitrogens with one attached hydrogen (secondary N) is 2. The van der Waals surface area contributed by atoms with E-state index in [1.807, 2.05) is 31.4 Å². The maximum Gasteiger partial charge on any atom is 0.215 e. The number of rotatable bonds is 8. The first-order valence-corrected chi connectivity index (χ1v) is 8.58. The predicted molar refractivity (Wildman–Crippen MR) is 77.5 cm³/mol. The van der Waals surface area contributed by atoms with Gasteiger partial charge in [0.1, 0.15) is 0 Å². The molecule has 0 aliphatic rings. The van der Waals surface area contributed by atoms with Crippen molar-refractivity contribution >= 4 is 21.4 Å². The molecule has 1 heterocycles. The highest BCUT2D eigenvalue weighted by Crippen LogP contribution is 2.08. The second-order valence-electron chi connectivity index (χ2n) is 4.64. The summed E-state index contributed by atoms with van der Waals surface area (Å²) in [5, 5.41) is 4.72. The second-order valence-corrected chi connectivity index (χ2v) is 7.86. The third kappa shape index (κ3) is 5.48. The molecule has 0 radical (unpaired) electrons. The quantitative estimate of drug-likeness (QED) is 0.764. The van der Waals surface area contributed by atoms with Crippen molar-refractivity contribution in [3.05, 3.63) is 22.4 Å². The first-order valence-electron chi connectivity index (χ1n) is 6.16. The van der Waals surface area contributed by atoms with Crippen LogP contribution < -0.4 is 10.0 Å². The molecule has 0 aliphatic heterocycles. The van der Waals surface area contributed by atoms with Crippen molar-refractivity contribution in [1.29, 1.82) is 0 Å². The monoisotopic (exact) mass is 290 g/mol. The summed E-state index contributed by atoms with van der Waals surface area (Å²) in [4.78, 5) is 1.20. The molecular formula is C12H22N2O2S2. The van der Waals surface area contributed by atoms with Crippen LogP contribution >= 0.6 is 11.3 Å². The molecule has 1 aromatic heterocycles. The summed E-state index contributed by atoms with van der Waals surface area (Å²) in [5.41, 5.74) is 0. The fraction of sp³-hybridized carbons (Fsp3) is 0.667. The smallest absolute Gasteiger partial charge is 0.215 e. The Kier molecular flexibility index (Phi) is 6.28. The van der Waals surface area contributed by atoms with Gasteiger partial charge in [-0.1, -0.05) is 19.9 Å². The molecule has 104 valence electrons. The van der Waals surface area contributed by atoms with Gasteiger partial charge in [-0.15, -0.1) is 11.3 Å². The van der Waals surface area contributed by atoms with Crippen LogP contribution in [0.15, 0.2) is 17.5 Å². The molecule has 1 rings (SSSR count). The molecule has 1 unspecified atom stereocenters. The third-order valence-electron chi connectivity index (χ3n) is 2.60. The van der Waals surface area contributed by atoms with E-state index >= 15 is 0 Å². The van der Waals surface area contributed by atoms with Crippen LogP contribution in [0.4, 0.5) is 0 Å². The predicted octanol–water partition coefficient (Wildman–Crippen LogP) is 1.60. The van der Waals surface area contributed by atoms with Gasteiger partial charge in [0.15, 0.2) is 0 Å². The normalized spacial score (nSPS) is 14.0. The Hall–Kier alpha value is -0.430. The van der Waals surface area contributed by atoms with Crippen molar-refractivity contribution < 1.29 is 8.42 Å². The van der Waals surface area contributed by atoms with Gasteiger partial charge in [-0.3, -0.25) is 0 Å². The summed E-state index contributed by atoms with van der Waals surface area (Å²) >= 11 is 1.65. The number of sulfonamides is 1. The lowest BCUT2D eigenvalue weighted by molar-refractivity contribution is 0.541. The van der Waals surface area contributed by atoms with Crippen LogP contribution in [0, 0.1) is 0 Å². The van der Waals surface area contributed by atoms with Crippen molar-refractivity contribution in [2.45, 2.75) is 38.5 Å². The Labute approximate surface area is 114 Å². The molecule has 1 aromatic rings. The highest BCUT2D eigenvalue weighted by Gasteiger charge is 2.19. The molecule has 0 amide bonds. The Morgan fingerprint density at radius 3 is 2.61 bits per heavy atom. The van der Waals surface area contributed by atoms with E-state index in [0.29, 0.717) is 19.1 Å². The molecule has 6 heteroatoms. The molecular weight excluding hydrogens is 268 g/mol. The Balaban J connectivity index is 2.34. The molecule has 0 saturated heterocycles. The van der Waals surface area contributed by atoms with Gasteiger partial charge in [-0.2, -0.15) is 0 Å². The molecule has 0 saturated carbocycles. The highest BCUT2D eigenvalue weighted by atomic mass is 32.2. The van der Waals surface area contributed by atoms with Crippen molar-refractivity contribution in [2.24, 2.45) is 0 Å². The van der Waals surface area contributed by atoms with Crippen molar-refractivity contribution in [3.8, 4) is 0 Å². The van der Waals surface area contributed by atoms with Gasteiger partial charge in [-0.25, -0.2) is 13.1 Å². The molecule has 2 N–H and O–H groups in total. The summed E-state index contributed by atoms with van der Waals surface area (Å²) in [6.07, 6.45) is 0.751. The van der Waals surface area contributed by atoms with E-state index < -0.39 is 15.3 Å². The van der Waals surface area contributed by atoms with Crippen LogP contribution in [-0.4, -0.2) is 32.8 Å². The average Bonchev–Trinajstić information content (AvgIpc) is 2.78. The molecule has 1 atom stereocenters. The zero-order chi connectivity index (χ0) is 13.6. The van der Waals surface area contributed by atoms with E-state index in [0.717, 1.165) is 6.42 Å². The summed E-state index contributed by atoms with van der Waals surface area (Å²) in [5.74, 6) is 0. The molecule has 0 aliphatic carbocycles. The Morgan fingerprint density at radius 1 is 1.33 bits per heavy atom. The van der Waals surface area contributed by atoms with E-state index in [2.05, 4.69) is 10.0 Å². The average molecular weight is 290 g/mol. The molecule has 0 aromatic carbocycles. The first-order chi connectivity index (χ1) is 8.42. The zero-order valence-electron chi connectivity index (χ0n) is 11.1. The minimum atomic E-state index is -3.22. The van der Waals surface area contributed by atoms with Crippen molar-refractivity contribution in [2.75, 3.05) is 13.1 Å². The van der Waals surface area contributed by atoms with E-state index in [4.69, 9.17) is 0 Å². The topological polar surface area (TPSA) is 58.2 Å². The summed E-state index contributed by atoms with van der Waals surface area (Å²) in [6.45, 7) is 6.68. The lowest BCUT2D eigenvalue weighted by Crippen LogP contribution is -2.41. The largest absolute Gasteiger partial charge is 0.313 e. The third-order valence-corrected chi connectivity index (χ3v) is 5.37. The first kappa shape index (κ1) is 15.6. The summed E-state index contributed by atoms with van der Waals surface area (Å²) in [6, 6.07) is 4.29. The van der Waals surface area contributed by atoms with Gasteiger partial charge in [0, 0.05) is 24.0 Å². The van der Waals surface area contributed by atoms with Gasteiger partial charge < -0.3 is 5.32 Å². The SMILES string of the molecule is CC(C)NCC(C)S(=O)(=O)NCCc1cccs1. The minimum Gasteiger partial charge on any atom is -0.313 e. The van der Waals surface area contributed by atoms with Crippen LogP contribution in [0.25, 0.3) is 0 Å². The standard InChI is InChI=1S/C12H22N2O2S2/c1-10(2)13-9-11(3)18(15,16)14-7-6-12-5-4-8-17-12/h4-5,8,10-11,13-14H,6-7,9H2,1-3H3. The second kappa shape index (κ2) is 7.23. The molecule has 0 spiro atoms. The maximum absolute atomic E-state index is 11.9. The highest BCUT2D eigenvalue weighted by molar-refractivity contribution is 7.90. The van der Waals surface area contributed by atoms with Crippen molar-refractivity contribution in [1.82, 2.24) is 10.0 Å². The number of hydrogen-bond acceptors (Lipinski definition) is 4. The fourth-order valence-corrected chi connectivity index (χ4v) is 3.12. The Morgan fingerprint density at radius 2 is 2.06 bits per heavy atom. The minimum absolute atomic E-state index is 0.300. The van der Waals surface area contributed by atoms with Gasteiger partial charge in [-0.05, 0) is 24.8 Å². The molecule has 18 heavy (non-hydrogen) atoms. The van der Waals surface area contributed by atoms with Crippen LogP contribution in [0.2, 0.25) is 0 Å². The maximum atomic E-state index is 11.9. The van der Waals surface area contributed by atoms with Crippen LogP contribution in [0.5, 0.6) is 0 Å². The van der Waals surface area contributed by atoms with Crippen LogP contribution in [-0.2, 0) is 16.4 Å². The summed E-state index contributed by atoms with van der Waals surface area (Å²) < 4.78 is 26.5. The van der Waals surface area contributed by atoms with Gasteiger partial charge in [0.25, 0.3) is 0 Å². The van der Waals surface area contributed by atoms with E-state index in [9.17, 15) is 8.42 Å². The van der Waals surface area contributed by atoms with Gasteiger partial charge in [0.2, 0.25) is 10.0 Å². The van der Waals surface area contributed by atoms with Gasteiger partial charge >= 0.3 is 0 Å². The van der Waals surface area contributed by atoms with Crippen LogP contribution in [0.3, 0.4) is 0 Å². The molecule has 0 bridgehead atoms. The Bertz CT molecular complexity index is 427. The van der Waals surface area contributed by atoms with E-state index in [1.54, 1.807) is 18.3 Å². The zero-order valence-corrected chi connectivity index (χ0v) is 12.8. The number of hydrogen-bond donors (Lipinski definition) is 2. The van der Waals surface area contributed by atoms with Gasteiger partial charge in [0.05, 0.1) is 5.25 Å². The fourth-order valence-electron chi connectivity index (χ4n) is 1.42. The lowest BCUT2D eigenvalue weighted by Gasteiger charge is -2.16. The van der Waals surface area contributed by atoms with Crippen molar-refractivity contribution in [3.63, 3.8) is 0 Å². The van der Waals surface area contributed by atoms with Crippen LogP contribution in [0.1, 0.15) is 25.6 Å². The lowest BCUT2D eigenvalue weighted by atomic mass is 10.3.